The van der Waals surface area contributed by atoms with E-state index in [2.05, 4.69) is 59.5 Å². The lowest BCUT2D eigenvalue weighted by molar-refractivity contribution is 0.419. The van der Waals surface area contributed by atoms with Gasteiger partial charge in [0.05, 0.1) is 11.7 Å². The molecule has 3 heterocycles. The average Bonchev–Trinajstić information content (AvgIpc) is 2.99. The molecular formula is C21H29N7. The van der Waals surface area contributed by atoms with Crippen LogP contribution in [0.15, 0.2) is 24.4 Å². The summed E-state index contributed by atoms with van der Waals surface area (Å²) in [6.07, 6.45) is 2.93. The van der Waals surface area contributed by atoms with Crippen molar-refractivity contribution in [2.75, 3.05) is 29.9 Å². The number of rotatable bonds is 4. The fourth-order valence-corrected chi connectivity index (χ4v) is 3.61. The van der Waals surface area contributed by atoms with Crippen LogP contribution in [-0.2, 0) is 0 Å². The van der Waals surface area contributed by atoms with Crippen LogP contribution in [0.2, 0.25) is 0 Å². The summed E-state index contributed by atoms with van der Waals surface area (Å²) in [4.78, 5) is 12.0. The first-order chi connectivity index (χ1) is 13.5. The Labute approximate surface area is 166 Å². The van der Waals surface area contributed by atoms with Crippen LogP contribution in [0.5, 0.6) is 0 Å². The summed E-state index contributed by atoms with van der Waals surface area (Å²) < 4.78 is 0. The van der Waals surface area contributed by atoms with Gasteiger partial charge in [-0.15, -0.1) is 0 Å². The zero-order valence-electron chi connectivity index (χ0n) is 17.1. The molecule has 7 nitrogen and oxygen atoms in total. The number of aromatic amines is 1. The molecule has 1 aromatic carbocycles. The van der Waals surface area contributed by atoms with Crippen molar-refractivity contribution in [3.8, 4) is 0 Å². The molecule has 7 heteroatoms. The molecule has 2 aromatic heterocycles. The Hall–Kier alpha value is -2.67. The van der Waals surface area contributed by atoms with Crippen LogP contribution in [0.4, 0.5) is 17.5 Å². The zero-order chi connectivity index (χ0) is 19.7. The van der Waals surface area contributed by atoms with E-state index in [9.17, 15) is 0 Å². The lowest BCUT2D eigenvalue weighted by atomic mass is 10.0. The second kappa shape index (κ2) is 7.75. The fraction of sp³-hybridized carbons (Fsp3) is 0.476. The number of anilines is 3. The van der Waals surface area contributed by atoms with Crippen molar-refractivity contribution in [3.63, 3.8) is 0 Å². The van der Waals surface area contributed by atoms with Crippen LogP contribution in [0.25, 0.3) is 10.9 Å². The van der Waals surface area contributed by atoms with Crippen molar-refractivity contribution in [2.45, 2.75) is 40.2 Å². The van der Waals surface area contributed by atoms with E-state index in [-0.39, 0.29) is 0 Å². The molecule has 1 unspecified atom stereocenters. The summed E-state index contributed by atoms with van der Waals surface area (Å²) in [6.45, 7) is 11.6. The molecule has 1 atom stereocenters. The van der Waals surface area contributed by atoms with Gasteiger partial charge in [-0.2, -0.15) is 10.1 Å². The van der Waals surface area contributed by atoms with Gasteiger partial charge in [-0.3, -0.25) is 5.10 Å². The molecule has 0 amide bonds. The predicted molar refractivity (Wildman–Crippen MR) is 114 cm³/mol. The number of aromatic nitrogens is 4. The molecule has 4 rings (SSSR count). The van der Waals surface area contributed by atoms with E-state index in [1.165, 1.54) is 0 Å². The number of aryl methyl sites for hydroxylation is 1. The van der Waals surface area contributed by atoms with Gasteiger partial charge in [0.1, 0.15) is 5.82 Å². The molecular weight excluding hydrogens is 350 g/mol. The van der Waals surface area contributed by atoms with E-state index >= 15 is 0 Å². The Morgan fingerprint density at radius 3 is 2.89 bits per heavy atom. The minimum Gasteiger partial charge on any atom is -0.340 e. The smallest absolute Gasteiger partial charge is 0.227 e. The number of H-pyrrole nitrogens is 1. The normalized spacial score (nSPS) is 17.9. The van der Waals surface area contributed by atoms with Gasteiger partial charge in [-0.05, 0) is 50.9 Å². The largest absolute Gasteiger partial charge is 0.340 e. The molecule has 0 saturated carbocycles. The third-order valence-electron chi connectivity index (χ3n) is 5.60. The molecule has 0 bridgehead atoms. The van der Waals surface area contributed by atoms with Crippen LogP contribution in [0, 0.1) is 19.8 Å². The molecule has 148 valence electrons. The van der Waals surface area contributed by atoms with Crippen LogP contribution in [0.1, 0.15) is 31.5 Å². The predicted octanol–water partition coefficient (Wildman–Crippen LogP) is 3.54. The molecule has 3 aromatic rings. The van der Waals surface area contributed by atoms with Crippen molar-refractivity contribution in [1.82, 2.24) is 25.5 Å². The quantitative estimate of drug-likeness (QED) is 0.643. The van der Waals surface area contributed by atoms with E-state index < -0.39 is 0 Å². The molecule has 1 aliphatic rings. The molecule has 0 aliphatic carbocycles. The maximum atomic E-state index is 4.91. The van der Waals surface area contributed by atoms with Crippen LogP contribution in [0.3, 0.4) is 0 Å². The summed E-state index contributed by atoms with van der Waals surface area (Å²) >= 11 is 0. The lowest BCUT2D eigenvalue weighted by Crippen LogP contribution is -2.41. The highest BCUT2D eigenvalue weighted by molar-refractivity contribution is 5.82. The number of benzene rings is 1. The summed E-state index contributed by atoms with van der Waals surface area (Å²) in [6, 6.07) is 6.61. The molecule has 28 heavy (non-hydrogen) atoms. The van der Waals surface area contributed by atoms with E-state index in [1.54, 1.807) is 0 Å². The van der Waals surface area contributed by atoms with Gasteiger partial charge >= 0.3 is 0 Å². The van der Waals surface area contributed by atoms with E-state index in [1.807, 2.05) is 18.3 Å². The van der Waals surface area contributed by atoms with Gasteiger partial charge in [0.25, 0.3) is 0 Å². The van der Waals surface area contributed by atoms with Gasteiger partial charge < -0.3 is 15.5 Å². The Kier molecular flexibility index (Phi) is 5.17. The second-order valence-electron chi connectivity index (χ2n) is 7.98. The minimum absolute atomic E-state index is 0.451. The van der Waals surface area contributed by atoms with Crippen LogP contribution in [-0.4, -0.2) is 45.8 Å². The van der Waals surface area contributed by atoms with Crippen molar-refractivity contribution in [2.24, 2.45) is 5.92 Å². The minimum atomic E-state index is 0.451. The first-order valence-corrected chi connectivity index (χ1v) is 10.0. The topological polar surface area (TPSA) is 81.8 Å². The highest BCUT2D eigenvalue weighted by Crippen LogP contribution is 2.26. The molecule has 0 spiro atoms. The maximum Gasteiger partial charge on any atom is 0.227 e. The van der Waals surface area contributed by atoms with Gasteiger partial charge in [0.15, 0.2) is 0 Å². The highest BCUT2D eigenvalue weighted by Gasteiger charge is 2.23. The number of hydrogen-bond acceptors (Lipinski definition) is 6. The van der Waals surface area contributed by atoms with Crippen LogP contribution >= 0.6 is 0 Å². The summed E-state index contributed by atoms with van der Waals surface area (Å²) in [5.41, 5.74) is 4.11. The van der Waals surface area contributed by atoms with E-state index in [0.29, 0.717) is 12.0 Å². The Balaban J connectivity index is 1.63. The fourth-order valence-electron chi connectivity index (χ4n) is 3.61. The van der Waals surface area contributed by atoms with Gasteiger partial charge in [-0.25, -0.2) is 4.98 Å². The van der Waals surface area contributed by atoms with Gasteiger partial charge in [-0.1, -0.05) is 13.8 Å². The first kappa shape index (κ1) is 18.7. The number of nitrogens with one attached hydrogen (secondary N) is 3. The lowest BCUT2D eigenvalue weighted by Gasteiger charge is -2.27. The van der Waals surface area contributed by atoms with E-state index in [4.69, 9.17) is 9.97 Å². The third kappa shape index (κ3) is 3.80. The molecule has 1 saturated heterocycles. The Morgan fingerprint density at radius 2 is 2.07 bits per heavy atom. The Morgan fingerprint density at radius 1 is 1.21 bits per heavy atom. The maximum absolute atomic E-state index is 4.91. The SMILES string of the molecule is Cc1nc(N2CCCNC(C(C)C)C2)nc(Nc2ccc3[nH]ncc3c2)c1C. The van der Waals surface area contributed by atoms with Gasteiger partial charge in [0.2, 0.25) is 5.95 Å². The van der Waals surface area contributed by atoms with Gasteiger partial charge in [0, 0.05) is 41.5 Å². The first-order valence-electron chi connectivity index (χ1n) is 10.0. The van der Waals surface area contributed by atoms with Crippen molar-refractivity contribution in [3.05, 3.63) is 35.7 Å². The average molecular weight is 380 g/mol. The summed E-state index contributed by atoms with van der Waals surface area (Å²) in [5, 5.41) is 15.3. The zero-order valence-corrected chi connectivity index (χ0v) is 17.1. The Bertz CT molecular complexity index is 963. The highest BCUT2D eigenvalue weighted by atomic mass is 15.3. The number of fused-ring (bicyclic) bond motifs is 1. The van der Waals surface area contributed by atoms with Crippen LogP contribution < -0.4 is 15.5 Å². The number of nitrogens with zero attached hydrogens (tertiary/aromatic N) is 4. The molecule has 1 fully saturated rings. The number of hydrogen-bond donors (Lipinski definition) is 3. The monoisotopic (exact) mass is 379 g/mol. The second-order valence-corrected chi connectivity index (χ2v) is 7.98. The standard InChI is InChI=1S/C21H29N7/c1-13(2)19-12-28(9-5-8-22-19)21-24-15(4)14(3)20(26-21)25-17-6-7-18-16(10-17)11-23-27-18/h6-7,10-11,13,19,22H,5,8-9,12H2,1-4H3,(H,23,27)(H,24,25,26). The molecule has 1 aliphatic heterocycles. The van der Waals surface area contributed by atoms with Crippen molar-refractivity contribution in [1.29, 1.82) is 0 Å². The molecule has 0 radical (unpaired) electrons. The third-order valence-corrected chi connectivity index (χ3v) is 5.60. The van der Waals surface area contributed by atoms with E-state index in [0.717, 1.165) is 65.7 Å². The summed E-state index contributed by atoms with van der Waals surface area (Å²) in [5.74, 6) is 2.25. The van der Waals surface area contributed by atoms with Crippen molar-refractivity contribution >= 4 is 28.4 Å². The molecule has 3 N–H and O–H groups in total. The summed E-state index contributed by atoms with van der Waals surface area (Å²) in [7, 11) is 0. The van der Waals surface area contributed by atoms with Crippen molar-refractivity contribution < 1.29 is 0 Å².